The van der Waals surface area contributed by atoms with E-state index in [0.717, 1.165) is 16.5 Å². The molecule has 0 spiro atoms. The standard InChI is InChI=1S/C24H32N2O3Si/c1-18-23(19-10-7-6-8-11-19)26(24(28)25(18)2)16-15-22(30(3,4)5)21(27)14-13-20-12-9-17-29-20/h6-12,16-18,21,23,27H,13-14H2,1-5H3/t15?,18-,21-,23-/m0/s1. The van der Waals surface area contributed by atoms with Crippen molar-refractivity contribution in [2.45, 2.75) is 57.6 Å². The molecule has 2 aromatic rings. The molecular weight excluding hydrogens is 392 g/mol. The van der Waals surface area contributed by atoms with Crippen molar-refractivity contribution in [1.29, 1.82) is 0 Å². The Hall–Kier alpha value is -2.53. The van der Waals surface area contributed by atoms with Crippen LogP contribution < -0.4 is 0 Å². The molecule has 30 heavy (non-hydrogen) atoms. The molecular formula is C24H32N2O3Si. The Morgan fingerprint density at radius 3 is 2.53 bits per heavy atom. The number of nitrogens with zero attached hydrogens (tertiary/aromatic N) is 2. The molecule has 2 amide bonds. The van der Waals surface area contributed by atoms with Crippen LogP contribution >= 0.6 is 0 Å². The van der Waals surface area contributed by atoms with E-state index in [0.29, 0.717) is 12.8 Å². The fraction of sp³-hybridized carbons (Fsp3) is 0.417. The topological polar surface area (TPSA) is 56.9 Å². The molecule has 1 aromatic heterocycles. The van der Waals surface area contributed by atoms with E-state index < -0.39 is 14.2 Å². The van der Waals surface area contributed by atoms with Crippen LogP contribution in [0.5, 0.6) is 0 Å². The second-order valence-electron chi connectivity index (χ2n) is 8.97. The predicted octanol–water partition coefficient (Wildman–Crippen LogP) is 4.99. The number of carbonyl (C=O) groups is 1. The maximum absolute atomic E-state index is 12.9. The first-order valence-corrected chi connectivity index (χ1v) is 14.0. The summed E-state index contributed by atoms with van der Waals surface area (Å²) in [7, 11) is -0.0275. The van der Waals surface area contributed by atoms with Gasteiger partial charge in [0.05, 0.1) is 38.7 Å². The number of amides is 2. The number of aliphatic hydroxyl groups excluding tert-OH is 1. The molecule has 3 rings (SSSR count). The molecule has 0 aliphatic carbocycles. The number of urea groups is 1. The Bertz CT molecular complexity index is 912. The molecule has 1 aliphatic rings. The minimum Gasteiger partial charge on any atom is -0.469 e. The van der Waals surface area contributed by atoms with Crippen molar-refractivity contribution < 1.29 is 14.3 Å². The van der Waals surface area contributed by atoms with E-state index in [1.165, 1.54) is 0 Å². The Labute approximate surface area is 180 Å². The number of aliphatic hydroxyl groups is 1. The van der Waals surface area contributed by atoms with Crippen LogP contribution in [-0.2, 0) is 6.42 Å². The third-order valence-corrected chi connectivity index (χ3v) is 7.87. The van der Waals surface area contributed by atoms with Crippen molar-refractivity contribution in [2.24, 2.45) is 0 Å². The molecule has 1 N–H and O–H groups in total. The Kier molecular flexibility index (Phi) is 6.71. The summed E-state index contributed by atoms with van der Waals surface area (Å²) in [5.41, 5.74) is 4.45. The Balaban J connectivity index is 1.91. The van der Waals surface area contributed by atoms with E-state index in [4.69, 9.17) is 4.42 Å². The lowest BCUT2D eigenvalue weighted by molar-refractivity contribution is 0.202. The van der Waals surface area contributed by atoms with Crippen LogP contribution in [0.2, 0.25) is 19.6 Å². The summed E-state index contributed by atoms with van der Waals surface area (Å²) in [5.74, 6) is 0.863. The molecule has 3 atom stereocenters. The number of hydrogen-bond acceptors (Lipinski definition) is 3. The maximum Gasteiger partial charge on any atom is 0.325 e. The van der Waals surface area contributed by atoms with E-state index in [-0.39, 0.29) is 18.1 Å². The number of hydrogen-bond donors (Lipinski definition) is 1. The zero-order valence-electron chi connectivity index (χ0n) is 18.5. The van der Waals surface area contributed by atoms with E-state index >= 15 is 0 Å². The van der Waals surface area contributed by atoms with Crippen molar-refractivity contribution in [3.63, 3.8) is 0 Å². The monoisotopic (exact) mass is 424 g/mol. The second-order valence-corrected chi connectivity index (χ2v) is 14.0. The van der Waals surface area contributed by atoms with Crippen molar-refractivity contribution in [3.05, 3.63) is 77.2 Å². The minimum atomic E-state index is -1.86. The third kappa shape index (κ3) is 4.78. The fourth-order valence-electron chi connectivity index (χ4n) is 3.97. The summed E-state index contributed by atoms with van der Waals surface area (Å²) in [4.78, 5) is 16.4. The molecule has 0 bridgehead atoms. The van der Waals surface area contributed by atoms with Gasteiger partial charge in [-0.1, -0.05) is 50.0 Å². The van der Waals surface area contributed by atoms with E-state index in [2.05, 4.69) is 44.4 Å². The first-order valence-electron chi connectivity index (χ1n) is 10.5. The molecule has 1 fully saturated rings. The predicted molar refractivity (Wildman–Crippen MR) is 122 cm³/mol. The summed E-state index contributed by atoms with van der Waals surface area (Å²) in [6.45, 7) is 8.63. The average molecular weight is 425 g/mol. The van der Waals surface area contributed by atoms with Gasteiger partial charge in [-0.25, -0.2) is 4.79 Å². The summed E-state index contributed by atoms with van der Waals surface area (Å²) in [6.07, 6.45) is 4.03. The molecule has 2 heterocycles. The molecule has 0 unspecified atom stereocenters. The van der Waals surface area contributed by atoms with Gasteiger partial charge in [0.15, 0.2) is 0 Å². The molecule has 6 heteroatoms. The Morgan fingerprint density at radius 2 is 1.93 bits per heavy atom. The maximum atomic E-state index is 12.9. The zero-order valence-corrected chi connectivity index (χ0v) is 19.5. The summed E-state index contributed by atoms with van der Waals surface area (Å²) < 4.78 is 5.40. The van der Waals surface area contributed by atoms with Gasteiger partial charge in [-0.05, 0) is 36.2 Å². The number of aryl methyl sites for hydroxylation is 1. The van der Waals surface area contributed by atoms with Crippen LogP contribution in [-0.4, -0.2) is 48.2 Å². The molecule has 160 valence electrons. The highest BCUT2D eigenvalue weighted by Crippen LogP contribution is 2.34. The van der Waals surface area contributed by atoms with Gasteiger partial charge in [0, 0.05) is 13.5 Å². The first-order chi connectivity index (χ1) is 14.2. The minimum absolute atomic E-state index is 0.0390. The van der Waals surface area contributed by atoms with Crippen LogP contribution in [0.4, 0.5) is 4.79 Å². The van der Waals surface area contributed by atoms with Gasteiger partial charge in [-0.3, -0.25) is 4.90 Å². The highest BCUT2D eigenvalue weighted by Gasteiger charge is 2.41. The van der Waals surface area contributed by atoms with E-state index in [9.17, 15) is 9.90 Å². The Morgan fingerprint density at radius 1 is 1.23 bits per heavy atom. The lowest BCUT2D eigenvalue weighted by Gasteiger charge is -2.25. The van der Waals surface area contributed by atoms with E-state index in [1.54, 1.807) is 22.3 Å². The normalized spacial score (nSPS) is 20.3. The number of rotatable bonds is 7. The van der Waals surface area contributed by atoms with Gasteiger partial charge in [0.1, 0.15) is 5.76 Å². The van der Waals surface area contributed by atoms with Gasteiger partial charge in [-0.2, -0.15) is 0 Å². The van der Waals surface area contributed by atoms with E-state index in [1.807, 2.05) is 37.4 Å². The number of carbonyl (C=O) groups excluding carboxylic acids is 1. The van der Waals surface area contributed by atoms with Crippen LogP contribution in [0, 0.1) is 0 Å². The quantitative estimate of drug-likeness (QED) is 0.503. The molecule has 1 aromatic carbocycles. The third-order valence-electron chi connectivity index (χ3n) is 5.78. The van der Waals surface area contributed by atoms with Crippen molar-refractivity contribution in [1.82, 2.24) is 9.80 Å². The van der Waals surface area contributed by atoms with Crippen LogP contribution in [0.15, 0.2) is 70.3 Å². The number of benzene rings is 1. The number of furan rings is 1. The van der Waals surface area contributed by atoms with Crippen LogP contribution in [0.25, 0.3) is 0 Å². The van der Waals surface area contributed by atoms with Gasteiger partial charge < -0.3 is 14.4 Å². The smallest absolute Gasteiger partial charge is 0.325 e. The first kappa shape index (κ1) is 22.2. The SMILES string of the molecule is C[C@H]1[C@@H](c2ccccc2)N(C=C=C([C@@H](O)CCc2ccco2)[Si](C)(C)C)C(=O)N1C. The van der Waals surface area contributed by atoms with Crippen molar-refractivity contribution >= 4 is 14.1 Å². The van der Waals surface area contributed by atoms with Gasteiger partial charge in [-0.15, -0.1) is 5.73 Å². The largest absolute Gasteiger partial charge is 0.469 e. The lowest BCUT2D eigenvalue weighted by Crippen LogP contribution is -2.32. The van der Waals surface area contributed by atoms with Crippen LogP contribution in [0.3, 0.4) is 0 Å². The van der Waals surface area contributed by atoms with Crippen LogP contribution in [0.1, 0.15) is 30.7 Å². The molecule has 0 saturated carbocycles. The van der Waals surface area contributed by atoms with Gasteiger partial charge in [0.2, 0.25) is 0 Å². The number of likely N-dealkylation sites (N-methyl/N-ethyl adjacent to an activating group) is 1. The molecule has 1 aliphatic heterocycles. The zero-order chi connectivity index (χ0) is 21.9. The van der Waals surface area contributed by atoms with Gasteiger partial charge in [0.25, 0.3) is 0 Å². The summed E-state index contributed by atoms with van der Waals surface area (Å²) >= 11 is 0. The summed E-state index contributed by atoms with van der Waals surface area (Å²) in [5, 5.41) is 11.8. The molecule has 1 saturated heterocycles. The second kappa shape index (κ2) is 9.09. The van der Waals surface area contributed by atoms with Gasteiger partial charge >= 0.3 is 6.03 Å². The summed E-state index contributed by atoms with van der Waals surface area (Å²) in [6, 6.07) is 13.8. The molecule has 5 nitrogen and oxygen atoms in total. The highest BCUT2D eigenvalue weighted by molar-refractivity contribution is 6.83. The highest BCUT2D eigenvalue weighted by atomic mass is 28.3. The lowest BCUT2D eigenvalue weighted by atomic mass is 10.0. The average Bonchev–Trinajstić information content (AvgIpc) is 3.29. The molecule has 0 radical (unpaired) electrons. The van der Waals surface area contributed by atoms with Crippen molar-refractivity contribution in [2.75, 3.05) is 7.05 Å². The van der Waals surface area contributed by atoms with Crippen molar-refractivity contribution in [3.8, 4) is 0 Å². The fourth-order valence-corrected chi connectivity index (χ4v) is 5.62.